The number of hydrogen-bond donors (Lipinski definition) is 0. The van der Waals surface area contributed by atoms with Gasteiger partial charge < -0.3 is 9.47 Å². The van der Waals surface area contributed by atoms with Crippen molar-refractivity contribution in [2.75, 3.05) is 20.0 Å². The monoisotopic (exact) mass is 362 g/mol. The van der Waals surface area contributed by atoms with Crippen LogP contribution in [-0.4, -0.2) is 34.4 Å². The van der Waals surface area contributed by atoms with Gasteiger partial charge >= 0.3 is 5.97 Å². The van der Waals surface area contributed by atoms with Crippen molar-refractivity contribution >= 4 is 27.0 Å². The van der Waals surface area contributed by atoms with E-state index in [1.54, 1.807) is 18.2 Å². The van der Waals surface area contributed by atoms with Crippen molar-refractivity contribution < 1.29 is 27.1 Å². The van der Waals surface area contributed by atoms with Gasteiger partial charge in [0, 0.05) is 11.8 Å². The van der Waals surface area contributed by atoms with E-state index in [2.05, 4.69) is 0 Å². The molecule has 1 heterocycles. The van der Waals surface area contributed by atoms with Crippen LogP contribution < -0.4 is 4.74 Å². The fourth-order valence-electron chi connectivity index (χ4n) is 2.65. The number of esters is 1. The van der Waals surface area contributed by atoms with E-state index < -0.39 is 21.6 Å². The number of carbonyl (C=O) groups excluding carboxylic acids is 1. The first kappa shape index (κ1) is 17.2. The molecule has 0 radical (unpaired) electrons. The Balaban J connectivity index is 2.09. The summed E-state index contributed by atoms with van der Waals surface area (Å²) in [5.74, 6) is -1.06. The molecular weight excluding hydrogens is 347 g/mol. The van der Waals surface area contributed by atoms with Crippen molar-refractivity contribution in [2.24, 2.45) is 0 Å². The van der Waals surface area contributed by atoms with Crippen LogP contribution in [0.4, 0.5) is 4.39 Å². The van der Waals surface area contributed by atoms with Crippen LogP contribution in [0.25, 0.3) is 11.1 Å². The highest BCUT2D eigenvalue weighted by atomic mass is 32.2. The molecule has 0 N–H and O–H groups in total. The molecular formula is C18H15FO5S. The van der Waals surface area contributed by atoms with Gasteiger partial charge in [-0.1, -0.05) is 18.2 Å². The number of sulfone groups is 1. The molecule has 0 unspecified atom stereocenters. The van der Waals surface area contributed by atoms with E-state index in [0.717, 1.165) is 6.26 Å². The molecule has 0 saturated heterocycles. The Labute approximate surface area is 144 Å². The third-order valence-corrected chi connectivity index (χ3v) is 5.05. The van der Waals surface area contributed by atoms with Gasteiger partial charge in [0.05, 0.1) is 17.6 Å². The topological polar surface area (TPSA) is 69.7 Å². The van der Waals surface area contributed by atoms with Gasteiger partial charge in [-0.05, 0) is 35.4 Å². The van der Waals surface area contributed by atoms with Crippen LogP contribution in [-0.2, 0) is 19.4 Å². The SMILES string of the molecule is COc1ccc(C2=C(c3ccc(S(C)(=O)=O)cc3)COC2=O)cc1F. The molecule has 3 rings (SSSR count). The summed E-state index contributed by atoms with van der Waals surface area (Å²) in [6.45, 7) is 0.0417. The second-order valence-electron chi connectivity index (χ2n) is 5.58. The van der Waals surface area contributed by atoms with Crippen molar-refractivity contribution in [1.82, 2.24) is 0 Å². The molecule has 1 aliphatic rings. The fourth-order valence-corrected chi connectivity index (χ4v) is 3.28. The van der Waals surface area contributed by atoms with Gasteiger partial charge in [0.25, 0.3) is 0 Å². The number of benzene rings is 2. The average Bonchev–Trinajstić information content (AvgIpc) is 2.95. The summed E-state index contributed by atoms with van der Waals surface area (Å²) in [4.78, 5) is 12.3. The summed E-state index contributed by atoms with van der Waals surface area (Å²) in [5.41, 5.74) is 1.86. The highest BCUT2D eigenvalue weighted by molar-refractivity contribution is 7.90. The number of cyclic esters (lactones) is 1. The summed E-state index contributed by atoms with van der Waals surface area (Å²) < 4.78 is 47.1. The van der Waals surface area contributed by atoms with Gasteiger partial charge in [0.1, 0.15) is 6.61 Å². The molecule has 0 aromatic heterocycles. The molecule has 0 fully saturated rings. The van der Waals surface area contributed by atoms with E-state index in [-0.39, 0.29) is 22.8 Å². The standard InChI is InChI=1S/C18H15FO5S/c1-23-16-8-5-12(9-15(16)19)17-14(10-24-18(17)20)11-3-6-13(7-4-11)25(2,21)22/h3-9H,10H2,1-2H3. The lowest BCUT2D eigenvalue weighted by Gasteiger charge is -2.07. The number of rotatable bonds is 4. The van der Waals surface area contributed by atoms with Gasteiger partial charge in [0.2, 0.25) is 0 Å². The van der Waals surface area contributed by atoms with E-state index >= 15 is 0 Å². The number of methoxy groups -OCH3 is 1. The van der Waals surface area contributed by atoms with E-state index in [1.807, 2.05) is 0 Å². The second kappa shape index (κ2) is 6.33. The predicted octanol–water partition coefficient (Wildman–Crippen LogP) is 2.71. The largest absolute Gasteiger partial charge is 0.494 e. The molecule has 0 atom stereocenters. The van der Waals surface area contributed by atoms with Crippen LogP contribution in [0.1, 0.15) is 11.1 Å². The number of halogens is 1. The van der Waals surface area contributed by atoms with Crippen molar-refractivity contribution in [3.63, 3.8) is 0 Å². The summed E-state index contributed by atoms with van der Waals surface area (Å²) in [6.07, 6.45) is 1.12. The summed E-state index contributed by atoms with van der Waals surface area (Å²) in [6, 6.07) is 10.4. The van der Waals surface area contributed by atoms with Crippen molar-refractivity contribution in [2.45, 2.75) is 4.90 Å². The first-order valence-electron chi connectivity index (χ1n) is 7.36. The maximum atomic E-state index is 14.0. The zero-order chi connectivity index (χ0) is 18.2. The summed E-state index contributed by atoms with van der Waals surface area (Å²) in [5, 5.41) is 0. The predicted molar refractivity (Wildman–Crippen MR) is 90.3 cm³/mol. The van der Waals surface area contributed by atoms with Crippen molar-refractivity contribution in [3.8, 4) is 5.75 Å². The lowest BCUT2D eigenvalue weighted by molar-refractivity contribution is -0.133. The molecule has 2 aromatic rings. The maximum Gasteiger partial charge on any atom is 0.339 e. The zero-order valence-corrected chi connectivity index (χ0v) is 14.4. The summed E-state index contributed by atoms with van der Waals surface area (Å²) >= 11 is 0. The highest BCUT2D eigenvalue weighted by Gasteiger charge is 2.28. The Hall–Kier alpha value is -2.67. The Morgan fingerprint density at radius 1 is 1.08 bits per heavy atom. The molecule has 0 spiro atoms. The van der Waals surface area contributed by atoms with E-state index in [1.165, 1.54) is 31.4 Å². The van der Waals surface area contributed by atoms with Crippen LogP contribution in [0.2, 0.25) is 0 Å². The van der Waals surface area contributed by atoms with Gasteiger partial charge in [-0.2, -0.15) is 0 Å². The highest BCUT2D eigenvalue weighted by Crippen LogP contribution is 2.34. The quantitative estimate of drug-likeness (QED) is 0.782. The van der Waals surface area contributed by atoms with Crippen molar-refractivity contribution in [3.05, 3.63) is 59.4 Å². The van der Waals surface area contributed by atoms with Crippen LogP contribution in [0.5, 0.6) is 5.75 Å². The number of ether oxygens (including phenoxy) is 2. The number of carbonyl (C=O) groups is 1. The van der Waals surface area contributed by atoms with Gasteiger partial charge in [-0.3, -0.25) is 0 Å². The normalized spacial score (nSPS) is 14.6. The molecule has 0 bridgehead atoms. The molecule has 2 aromatic carbocycles. The Bertz CT molecular complexity index is 975. The maximum absolute atomic E-state index is 14.0. The Kier molecular flexibility index (Phi) is 4.34. The van der Waals surface area contributed by atoms with Crippen molar-refractivity contribution in [1.29, 1.82) is 0 Å². The third kappa shape index (κ3) is 3.28. The first-order valence-corrected chi connectivity index (χ1v) is 9.25. The van der Waals surface area contributed by atoms with Gasteiger partial charge in [-0.25, -0.2) is 17.6 Å². The first-order chi connectivity index (χ1) is 11.8. The van der Waals surface area contributed by atoms with E-state index in [4.69, 9.17) is 9.47 Å². The lowest BCUT2D eigenvalue weighted by atomic mass is 9.96. The van der Waals surface area contributed by atoms with Gasteiger partial charge in [-0.15, -0.1) is 0 Å². The lowest BCUT2D eigenvalue weighted by Crippen LogP contribution is -2.00. The minimum Gasteiger partial charge on any atom is -0.494 e. The molecule has 5 nitrogen and oxygen atoms in total. The van der Waals surface area contributed by atoms with Crippen LogP contribution >= 0.6 is 0 Å². The van der Waals surface area contributed by atoms with E-state index in [9.17, 15) is 17.6 Å². The molecule has 0 saturated carbocycles. The van der Waals surface area contributed by atoms with E-state index in [0.29, 0.717) is 16.7 Å². The molecule has 0 aliphatic carbocycles. The minimum absolute atomic E-state index is 0.0417. The molecule has 25 heavy (non-hydrogen) atoms. The minimum atomic E-state index is -3.31. The Morgan fingerprint density at radius 2 is 1.72 bits per heavy atom. The fraction of sp³-hybridized carbons (Fsp3) is 0.167. The van der Waals surface area contributed by atoms with Crippen LogP contribution in [0.3, 0.4) is 0 Å². The Morgan fingerprint density at radius 3 is 2.28 bits per heavy atom. The zero-order valence-electron chi connectivity index (χ0n) is 13.6. The molecule has 130 valence electrons. The van der Waals surface area contributed by atoms with Crippen LogP contribution in [0.15, 0.2) is 47.4 Å². The van der Waals surface area contributed by atoms with Crippen LogP contribution in [0, 0.1) is 5.82 Å². The third-order valence-electron chi connectivity index (χ3n) is 3.92. The molecule has 0 amide bonds. The molecule has 1 aliphatic heterocycles. The summed E-state index contributed by atoms with van der Waals surface area (Å²) in [7, 11) is -1.95. The number of hydrogen-bond acceptors (Lipinski definition) is 5. The average molecular weight is 362 g/mol. The second-order valence-corrected chi connectivity index (χ2v) is 7.59. The molecule has 7 heteroatoms. The smallest absolute Gasteiger partial charge is 0.339 e. The van der Waals surface area contributed by atoms with Gasteiger partial charge in [0.15, 0.2) is 21.4 Å².